The van der Waals surface area contributed by atoms with E-state index in [0.717, 1.165) is 5.56 Å². The second kappa shape index (κ2) is 7.73. The summed E-state index contributed by atoms with van der Waals surface area (Å²) >= 11 is 0. The molecular formula is C20H23N3O4S. The van der Waals surface area contributed by atoms with Crippen LogP contribution in [0.3, 0.4) is 0 Å². The van der Waals surface area contributed by atoms with Crippen LogP contribution in [-0.2, 0) is 21.2 Å². The molecule has 0 fully saturated rings. The van der Waals surface area contributed by atoms with Gasteiger partial charge in [0.15, 0.2) is 0 Å². The lowest BCUT2D eigenvalue weighted by atomic mass is 10.1. The molecule has 7 nitrogen and oxygen atoms in total. The van der Waals surface area contributed by atoms with Gasteiger partial charge in [-0.15, -0.1) is 0 Å². The first-order valence-corrected chi connectivity index (χ1v) is 10.6. The number of hydrogen-bond donors (Lipinski definition) is 1. The fraction of sp³-hybridized carbons (Fsp3) is 0.300. The third-order valence-electron chi connectivity index (χ3n) is 4.97. The van der Waals surface area contributed by atoms with Crippen molar-refractivity contribution in [3.8, 4) is 0 Å². The number of carbonyl (C=O) groups is 2. The van der Waals surface area contributed by atoms with Crippen LogP contribution in [-0.4, -0.2) is 43.7 Å². The fourth-order valence-corrected chi connectivity index (χ4v) is 4.94. The molecule has 1 aliphatic heterocycles. The van der Waals surface area contributed by atoms with Gasteiger partial charge in [-0.05, 0) is 35.9 Å². The quantitative estimate of drug-likeness (QED) is 0.797. The molecule has 0 saturated heterocycles. The van der Waals surface area contributed by atoms with Gasteiger partial charge in [-0.2, -0.15) is 4.31 Å². The van der Waals surface area contributed by atoms with Crippen LogP contribution in [0.1, 0.15) is 29.8 Å². The van der Waals surface area contributed by atoms with Gasteiger partial charge in [0.25, 0.3) is 5.91 Å². The van der Waals surface area contributed by atoms with Crippen molar-refractivity contribution >= 4 is 27.5 Å². The number of sulfonamides is 1. The van der Waals surface area contributed by atoms with Gasteiger partial charge >= 0.3 is 0 Å². The Bertz CT molecular complexity index is 998. The van der Waals surface area contributed by atoms with Crippen LogP contribution >= 0.6 is 0 Å². The number of primary amides is 1. The molecule has 2 N–H and O–H groups in total. The summed E-state index contributed by atoms with van der Waals surface area (Å²) < 4.78 is 26.6. The van der Waals surface area contributed by atoms with E-state index in [4.69, 9.17) is 5.73 Å². The zero-order valence-corrected chi connectivity index (χ0v) is 16.6. The van der Waals surface area contributed by atoms with E-state index in [1.807, 2.05) is 12.1 Å². The minimum absolute atomic E-state index is 0.126. The SMILES string of the molecule is CCN(CC)S(=O)(=O)c1ccc(C(=O)N2c3ccccc3C[C@H]2C(N)=O)cc1. The number of para-hydroxylation sites is 1. The van der Waals surface area contributed by atoms with Crippen LogP contribution in [0, 0.1) is 0 Å². The zero-order chi connectivity index (χ0) is 20.5. The number of rotatable bonds is 6. The number of nitrogens with zero attached hydrogens (tertiary/aromatic N) is 2. The summed E-state index contributed by atoms with van der Waals surface area (Å²) in [6, 6.07) is 12.3. The Hall–Kier alpha value is -2.71. The highest BCUT2D eigenvalue weighted by Crippen LogP contribution is 2.33. The number of nitrogens with two attached hydrogens (primary N) is 1. The second-order valence-corrected chi connectivity index (χ2v) is 8.48. The normalized spacial score (nSPS) is 16.2. The smallest absolute Gasteiger partial charge is 0.259 e. The Labute approximate surface area is 164 Å². The van der Waals surface area contributed by atoms with Gasteiger partial charge in [0.2, 0.25) is 15.9 Å². The molecule has 2 aromatic rings. The molecule has 0 spiro atoms. The predicted octanol–water partition coefficient (Wildman–Crippen LogP) is 1.77. The highest BCUT2D eigenvalue weighted by molar-refractivity contribution is 7.89. The molecule has 0 unspecified atom stereocenters. The summed E-state index contributed by atoms with van der Waals surface area (Å²) in [7, 11) is -3.60. The van der Waals surface area contributed by atoms with Crippen LogP contribution in [0.2, 0.25) is 0 Å². The molecule has 0 radical (unpaired) electrons. The highest BCUT2D eigenvalue weighted by Gasteiger charge is 2.37. The average molecular weight is 401 g/mol. The van der Waals surface area contributed by atoms with Gasteiger partial charge in [0, 0.05) is 30.8 Å². The lowest BCUT2D eigenvalue weighted by Gasteiger charge is -2.23. The Kier molecular flexibility index (Phi) is 5.53. The molecule has 1 heterocycles. The first-order chi connectivity index (χ1) is 13.3. The molecule has 1 atom stereocenters. The molecular weight excluding hydrogens is 378 g/mol. The van der Waals surface area contributed by atoms with Crippen molar-refractivity contribution in [1.29, 1.82) is 0 Å². The Morgan fingerprint density at radius 3 is 2.25 bits per heavy atom. The Balaban J connectivity index is 1.94. The van der Waals surface area contributed by atoms with Crippen molar-refractivity contribution in [2.45, 2.75) is 31.2 Å². The average Bonchev–Trinajstić information content (AvgIpc) is 3.08. The topological polar surface area (TPSA) is 101 Å². The maximum Gasteiger partial charge on any atom is 0.259 e. The lowest BCUT2D eigenvalue weighted by molar-refractivity contribution is -0.119. The van der Waals surface area contributed by atoms with Crippen LogP contribution in [0.5, 0.6) is 0 Å². The van der Waals surface area contributed by atoms with Crippen LogP contribution in [0.15, 0.2) is 53.4 Å². The summed E-state index contributed by atoms with van der Waals surface area (Å²) in [5, 5.41) is 0. The lowest BCUT2D eigenvalue weighted by Crippen LogP contribution is -2.46. The molecule has 28 heavy (non-hydrogen) atoms. The third kappa shape index (κ3) is 3.41. The predicted molar refractivity (Wildman–Crippen MR) is 106 cm³/mol. The van der Waals surface area contributed by atoms with Crippen LogP contribution in [0.25, 0.3) is 0 Å². The molecule has 148 valence electrons. The standard InChI is InChI=1S/C20H23N3O4S/c1-3-22(4-2)28(26,27)16-11-9-14(10-12-16)20(25)23-17-8-6-5-7-15(17)13-18(23)19(21)24/h5-12,18H,3-4,13H2,1-2H3,(H2,21,24)/t18-/m0/s1. The maximum absolute atomic E-state index is 13.1. The Morgan fingerprint density at radius 1 is 1.07 bits per heavy atom. The van der Waals surface area contributed by atoms with Crippen molar-refractivity contribution < 1.29 is 18.0 Å². The minimum Gasteiger partial charge on any atom is -0.368 e. The zero-order valence-electron chi connectivity index (χ0n) is 15.8. The van der Waals surface area contributed by atoms with E-state index in [-0.39, 0.29) is 10.8 Å². The number of amides is 2. The summed E-state index contributed by atoms with van der Waals surface area (Å²) in [6.45, 7) is 4.27. The van der Waals surface area contributed by atoms with Crippen molar-refractivity contribution in [3.05, 3.63) is 59.7 Å². The maximum atomic E-state index is 13.1. The van der Waals surface area contributed by atoms with E-state index in [0.29, 0.717) is 30.8 Å². The van der Waals surface area contributed by atoms with E-state index in [9.17, 15) is 18.0 Å². The van der Waals surface area contributed by atoms with Gasteiger partial charge in [-0.3, -0.25) is 14.5 Å². The number of hydrogen-bond acceptors (Lipinski definition) is 4. The Morgan fingerprint density at radius 2 is 1.68 bits per heavy atom. The number of fused-ring (bicyclic) bond motifs is 1. The largest absolute Gasteiger partial charge is 0.368 e. The minimum atomic E-state index is -3.60. The molecule has 0 aliphatic carbocycles. The molecule has 0 saturated carbocycles. The highest BCUT2D eigenvalue weighted by atomic mass is 32.2. The van der Waals surface area contributed by atoms with Crippen molar-refractivity contribution in [2.24, 2.45) is 5.73 Å². The number of anilines is 1. The number of carbonyl (C=O) groups excluding carboxylic acids is 2. The fourth-order valence-electron chi connectivity index (χ4n) is 3.49. The first kappa shape index (κ1) is 20.0. The molecule has 0 aromatic heterocycles. The second-order valence-electron chi connectivity index (χ2n) is 6.54. The monoisotopic (exact) mass is 401 g/mol. The van der Waals surface area contributed by atoms with Gasteiger partial charge in [-0.1, -0.05) is 32.0 Å². The summed E-state index contributed by atoms with van der Waals surface area (Å²) in [5.74, 6) is -0.967. The van der Waals surface area contributed by atoms with Crippen molar-refractivity contribution in [1.82, 2.24) is 4.31 Å². The summed E-state index contributed by atoms with van der Waals surface area (Å²) in [4.78, 5) is 26.5. The van der Waals surface area contributed by atoms with Crippen LogP contribution < -0.4 is 10.6 Å². The molecule has 1 aliphatic rings. The van der Waals surface area contributed by atoms with E-state index in [1.54, 1.807) is 26.0 Å². The third-order valence-corrected chi connectivity index (χ3v) is 7.03. The molecule has 8 heteroatoms. The van der Waals surface area contributed by atoms with Crippen LogP contribution in [0.4, 0.5) is 5.69 Å². The molecule has 2 aromatic carbocycles. The van der Waals surface area contributed by atoms with Crippen molar-refractivity contribution in [2.75, 3.05) is 18.0 Å². The van der Waals surface area contributed by atoms with Crippen molar-refractivity contribution in [3.63, 3.8) is 0 Å². The van der Waals surface area contributed by atoms with E-state index < -0.39 is 22.0 Å². The van der Waals surface area contributed by atoms with Gasteiger partial charge in [-0.25, -0.2) is 8.42 Å². The molecule has 2 amide bonds. The van der Waals surface area contributed by atoms with Gasteiger partial charge in [0.1, 0.15) is 6.04 Å². The molecule has 3 rings (SSSR count). The summed E-state index contributed by atoms with van der Waals surface area (Å²) in [6.07, 6.45) is 0.367. The van der Waals surface area contributed by atoms with E-state index >= 15 is 0 Å². The molecule has 0 bridgehead atoms. The van der Waals surface area contributed by atoms with E-state index in [2.05, 4.69) is 0 Å². The van der Waals surface area contributed by atoms with Gasteiger partial charge in [0.05, 0.1) is 4.90 Å². The number of benzene rings is 2. The van der Waals surface area contributed by atoms with E-state index in [1.165, 1.54) is 33.5 Å². The first-order valence-electron chi connectivity index (χ1n) is 9.12. The van der Waals surface area contributed by atoms with Gasteiger partial charge < -0.3 is 5.73 Å². The summed E-state index contributed by atoms with van der Waals surface area (Å²) in [5.41, 5.74) is 7.33.